The molecule has 0 aliphatic rings. The summed E-state index contributed by atoms with van der Waals surface area (Å²) in [7, 11) is 0. The zero-order valence-corrected chi connectivity index (χ0v) is 44.5. The SMILES string of the molecule is N[C@@H](C[C@@](O)(Cc1c[nH]c2ccccc12)C(=O)O)C(=O)O.N[C@@H](C[C@](O)(Cc1c[nH]c2ccccc12)C(=O)O)C(=O)O.N[C@H](C[C@@](O)(Cc1c[nH]c2ccccc12)C(=O)O)C(=O)O.N[C@H](C[C@](O)(Cc1c[nH]c2ccccc12)C(=O)O)C(=O)O. The second-order valence-electron chi connectivity index (χ2n) is 20.1. The molecule has 0 saturated carbocycles. The van der Waals surface area contributed by atoms with Gasteiger partial charge in [0.2, 0.25) is 0 Å². The Morgan fingerprint density at radius 2 is 0.488 bits per heavy atom. The number of hydrogen-bond acceptors (Lipinski definition) is 16. The van der Waals surface area contributed by atoms with Crippen LogP contribution in [0.3, 0.4) is 0 Å². The lowest BCUT2D eigenvalue weighted by atomic mass is 9.88. The number of nitrogens with two attached hydrogens (primary N) is 4. The Morgan fingerprint density at radius 3 is 0.643 bits per heavy atom. The number of benzene rings is 4. The monoisotopic (exact) mass is 1170 g/mol. The minimum Gasteiger partial charge on any atom is -0.480 e. The Hall–Kier alpha value is -9.52. The molecule has 0 radical (unpaired) electrons. The predicted octanol–water partition coefficient (Wildman–Crippen LogP) is 1.31. The summed E-state index contributed by atoms with van der Waals surface area (Å²) in [6, 6.07) is 23.1. The first-order valence-electron chi connectivity index (χ1n) is 25.3. The molecule has 4 heterocycles. The van der Waals surface area contributed by atoms with E-state index in [1.54, 1.807) is 73.3 Å². The Balaban J connectivity index is 0.000000205. The molecule has 8 aromatic rings. The molecule has 84 heavy (non-hydrogen) atoms. The molecule has 0 fully saturated rings. The highest BCUT2D eigenvalue weighted by atomic mass is 16.4. The van der Waals surface area contributed by atoms with Gasteiger partial charge in [0.25, 0.3) is 0 Å². The fraction of sp³-hybridized carbons (Fsp3) is 0.286. The fourth-order valence-electron chi connectivity index (χ4n) is 9.12. The van der Waals surface area contributed by atoms with Crippen molar-refractivity contribution in [2.24, 2.45) is 22.9 Å². The Morgan fingerprint density at radius 1 is 0.321 bits per heavy atom. The molecule has 8 rings (SSSR count). The van der Waals surface area contributed by atoms with Gasteiger partial charge < -0.3 is 104 Å². The number of aliphatic carboxylic acids is 8. The van der Waals surface area contributed by atoms with Gasteiger partial charge in [-0.1, -0.05) is 72.8 Å². The van der Waals surface area contributed by atoms with Crippen LogP contribution < -0.4 is 22.9 Å². The van der Waals surface area contributed by atoms with Crippen molar-refractivity contribution >= 4 is 91.4 Å². The van der Waals surface area contributed by atoms with Crippen LogP contribution in [0, 0.1) is 0 Å². The average molecular weight is 1170 g/mol. The van der Waals surface area contributed by atoms with Crippen molar-refractivity contribution in [1.82, 2.24) is 19.9 Å². The van der Waals surface area contributed by atoms with Crippen LogP contribution in [-0.2, 0) is 64.0 Å². The van der Waals surface area contributed by atoms with Gasteiger partial charge in [-0.2, -0.15) is 0 Å². The first-order valence-corrected chi connectivity index (χ1v) is 25.3. The molecule has 8 atom stereocenters. The summed E-state index contributed by atoms with van der Waals surface area (Å²) in [5.74, 6) is -11.4. The van der Waals surface area contributed by atoms with E-state index in [1.165, 1.54) is 0 Å². The minimum absolute atomic E-state index is 0.229. The van der Waals surface area contributed by atoms with E-state index in [9.17, 15) is 79.2 Å². The quantitative estimate of drug-likeness (QED) is 0.0405. The van der Waals surface area contributed by atoms with Gasteiger partial charge in [-0.05, 0) is 46.5 Å². The molecule has 28 heteroatoms. The van der Waals surface area contributed by atoms with Crippen LogP contribution in [0.15, 0.2) is 122 Å². The Kier molecular flexibility index (Phi) is 21.4. The van der Waals surface area contributed by atoms with E-state index in [-0.39, 0.29) is 25.7 Å². The molecule has 0 aliphatic heterocycles. The molecule has 4 aromatic heterocycles. The van der Waals surface area contributed by atoms with Crippen LogP contribution in [0.1, 0.15) is 47.9 Å². The molecule has 0 amide bonds. The Labute approximate surface area is 474 Å². The van der Waals surface area contributed by atoms with Crippen molar-refractivity contribution in [1.29, 1.82) is 0 Å². The van der Waals surface area contributed by atoms with E-state index >= 15 is 0 Å². The highest BCUT2D eigenvalue weighted by Crippen LogP contribution is 2.30. The maximum Gasteiger partial charge on any atom is 0.336 e. The van der Waals surface area contributed by atoms with Crippen molar-refractivity contribution in [2.75, 3.05) is 0 Å². The van der Waals surface area contributed by atoms with Crippen LogP contribution in [0.25, 0.3) is 43.6 Å². The second kappa shape index (κ2) is 27.5. The van der Waals surface area contributed by atoms with Crippen molar-refractivity contribution in [3.63, 3.8) is 0 Å². The highest BCUT2D eigenvalue weighted by Gasteiger charge is 2.43. The number of H-pyrrole nitrogens is 4. The summed E-state index contributed by atoms with van der Waals surface area (Å²) >= 11 is 0. The maximum atomic E-state index is 11.3. The van der Waals surface area contributed by atoms with Gasteiger partial charge in [0, 0.05) is 120 Å². The molecule has 4 aromatic carbocycles. The van der Waals surface area contributed by atoms with Gasteiger partial charge >= 0.3 is 47.8 Å². The lowest BCUT2D eigenvalue weighted by Crippen LogP contribution is -2.48. The lowest BCUT2D eigenvalue weighted by Gasteiger charge is -2.24. The topological polar surface area (TPSA) is 547 Å². The van der Waals surface area contributed by atoms with E-state index in [2.05, 4.69) is 19.9 Å². The maximum absolute atomic E-state index is 11.3. The van der Waals surface area contributed by atoms with E-state index in [0.717, 1.165) is 43.6 Å². The number of para-hydroxylation sites is 4. The molecule has 448 valence electrons. The largest absolute Gasteiger partial charge is 0.480 e. The van der Waals surface area contributed by atoms with Gasteiger partial charge in [-0.3, -0.25) is 19.2 Å². The molecule has 0 aliphatic carbocycles. The predicted molar refractivity (Wildman–Crippen MR) is 299 cm³/mol. The van der Waals surface area contributed by atoms with Crippen LogP contribution in [0.4, 0.5) is 0 Å². The van der Waals surface area contributed by atoms with Gasteiger partial charge in [-0.25, -0.2) is 19.2 Å². The molecular formula is C56H64N8O20. The molecule has 0 bridgehead atoms. The van der Waals surface area contributed by atoms with Crippen molar-refractivity contribution in [3.8, 4) is 0 Å². The number of nitrogens with one attached hydrogen (secondary N) is 4. The van der Waals surface area contributed by atoms with Gasteiger partial charge in [0.15, 0.2) is 22.4 Å². The van der Waals surface area contributed by atoms with Crippen LogP contribution >= 0.6 is 0 Å². The average Bonchev–Trinajstić information content (AvgIpc) is 3.83. The molecule has 0 saturated heterocycles. The third-order valence-electron chi connectivity index (χ3n) is 13.7. The second-order valence-corrected chi connectivity index (χ2v) is 20.1. The number of aromatic nitrogens is 4. The summed E-state index contributed by atoms with van der Waals surface area (Å²) in [6.45, 7) is 0. The first kappa shape index (κ1) is 65.3. The van der Waals surface area contributed by atoms with Crippen LogP contribution in [0.5, 0.6) is 0 Å². The number of aromatic amines is 4. The lowest BCUT2D eigenvalue weighted by molar-refractivity contribution is -0.161. The molecule has 28 nitrogen and oxygen atoms in total. The normalized spacial score (nSPS) is 15.5. The van der Waals surface area contributed by atoms with Gasteiger partial charge in [0.05, 0.1) is 0 Å². The zero-order chi connectivity index (χ0) is 62.5. The molecular weight excluding hydrogens is 1100 g/mol. The van der Waals surface area contributed by atoms with Crippen molar-refractivity contribution in [2.45, 2.75) is 97.9 Å². The van der Waals surface area contributed by atoms with E-state index in [4.69, 9.17) is 43.4 Å². The summed E-state index contributed by atoms with van der Waals surface area (Å²) in [4.78, 5) is 100. The number of hydrogen-bond donors (Lipinski definition) is 20. The van der Waals surface area contributed by atoms with E-state index < -0.39 is 120 Å². The minimum atomic E-state index is -2.23. The van der Waals surface area contributed by atoms with Crippen LogP contribution in [0.2, 0.25) is 0 Å². The summed E-state index contributed by atoms with van der Waals surface area (Å²) in [5.41, 5.74) is 18.1. The number of carboxylic acids is 8. The number of aliphatic hydroxyl groups is 4. The molecule has 0 spiro atoms. The van der Waals surface area contributed by atoms with Gasteiger partial charge in [0.1, 0.15) is 24.2 Å². The van der Waals surface area contributed by atoms with E-state index in [0.29, 0.717) is 22.3 Å². The highest BCUT2D eigenvalue weighted by molar-refractivity contribution is 5.89. The number of fused-ring (bicyclic) bond motifs is 4. The third kappa shape index (κ3) is 16.4. The molecule has 0 unspecified atom stereocenters. The summed E-state index contributed by atoms with van der Waals surface area (Å²) in [6.07, 6.45) is 3.20. The zero-order valence-electron chi connectivity index (χ0n) is 44.5. The smallest absolute Gasteiger partial charge is 0.336 e. The van der Waals surface area contributed by atoms with Crippen LogP contribution in [-0.4, -0.2) is 176 Å². The number of carboxylic acid groups (broad SMARTS) is 8. The van der Waals surface area contributed by atoms with Crippen molar-refractivity contribution < 1.29 is 99.6 Å². The summed E-state index contributed by atoms with van der Waals surface area (Å²) in [5, 5.41) is 116. The molecule has 24 N–H and O–H groups in total. The number of carbonyl (C=O) groups is 8. The van der Waals surface area contributed by atoms with Gasteiger partial charge in [-0.15, -0.1) is 0 Å². The summed E-state index contributed by atoms with van der Waals surface area (Å²) < 4.78 is 0. The number of rotatable bonds is 24. The fourth-order valence-corrected chi connectivity index (χ4v) is 9.12. The van der Waals surface area contributed by atoms with E-state index in [1.807, 2.05) is 48.5 Å². The Bertz CT molecular complexity index is 3200. The first-order chi connectivity index (χ1) is 39.3. The van der Waals surface area contributed by atoms with Crippen molar-refractivity contribution in [3.05, 3.63) is 144 Å². The standard InChI is InChI=1S/4C14H16N2O5/c4*15-10(12(17)18)6-14(21,13(19)20)5-8-7-16-11-4-2-1-3-9(8)11/h4*1-4,7,10,16,21H,5-6,15H2,(H,17,18)(H,19,20)/t2*10-,14+;2*10-,14-/m1010/s1. The third-order valence-corrected chi connectivity index (χ3v) is 13.7.